The van der Waals surface area contributed by atoms with Gasteiger partial charge >= 0.3 is 0 Å². The third-order valence-corrected chi connectivity index (χ3v) is 5.45. The van der Waals surface area contributed by atoms with E-state index in [9.17, 15) is 8.42 Å². The lowest BCUT2D eigenvalue weighted by Gasteiger charge is -2.14. The number of hydrogen-bond donors (Lipinski definition) is 1. The van der Waals surface area contributed by atoms with Gasteiger partial charge in [0.15, 0.2) is 0 Å². The van der Waals surface area contributed by atoms with E-state index in [1.165, 1.54) is 0 Å². The minimum Gasteiger partial charge on any atom is -0.494 e. The van der Waals surface area contributed by atoms with Crippen molar-refractivity contribution in [3.05, 3.63) is 23.3 Å². The average molecular weight is 327 g/mol. The maximum absolute atomic E-state index is 12.5. The monoisotopic (exact) mass is 327 g/mol. The highest BCUT2D eigenvalue weighted by Crippen LogP contribution is 2.26. The molecule has 124 valence electrons. The molecule has 1 fully saturated rings. The second-order valence-corrected chi connectivity index (χ2v) is 7.37. The van der Waals surface area contributed by atoms with E-state index in [1.54, 1.807) is 19.1 Å². The third-order valence-electron chi connectivity index (χ3n) is 3.84. The lowest BCUT2D eigenvalue weighted by Crippen LogP contribution is -2.28. The molecule has 1 aromatic carbocycles. The second-order valence-electron chi connectivity index (χ2n) is 5.64. The topological polar surface area (TPSA) is 64.6 Å². The van der Waals surface area contributed by atoms with Crippen molar-refractivity contribution in [3.63, 3.8) is 0 Å². The Labute approximate surface area is 133 Å². The molecule has 22 heavy (non-hydrogen) atoms. The SMILES string of the molecule is CCOc1cc(C)c(S(=O)(=O)NCCC2CCCO2)cc1C. The molecule has 1 saturated heterocycles. The summed E-state index contributed by atoms with van der Waals surface area (Å²) in [6.07, 6.45) is 2.98. The quantitative estimate of drug-likeness (QED) is 0.836. The number of sulfonamides is 1. The van der Waals surface area contributed by atoms with E-state index < -0.39 is 10.0 Å². The van der Waals surface area contributed by atoms with Crippen LogP contribution in [-0.4, -0.2) is 34.3 Å². The summed E-state index contributed by atoms with van der Waals surface area (Å²) in [5, 5.41) is 0. The second kappa shape index (κ2) is 7.44. The number of aryl methyl sites for hydroxylation is 2. The van der Waals surface area contributed by atoms with E-state index in [2.05, 4.69) is 4.72 Å². The minimum absolute atomic E-state index is 0.186. The van der Waals surface area contributed by atoms with Crippen molar-refractivity contribution >= 4 is 10.0 Å². The third kappa shape index (κ3) is 4.21. The lowest BCUT2D eigenvalue weighted by atomic mass is 10.1. The van der Waals surface area contributed by atoms with Gasteiger partial charge < -0.3 is 9.47 Å². The van der Waals surface area contributed by atoms with E-state index in [4.69, 9.17) is 9.47 Å². The summed E-state index contributed by atoms with van der Waals surface area (Å²) in [6.45, 7) is 7.30. The van der Waals surface area contributed by atoms with Crippen molar-refractivity contribution in [1.29, 1.82) is 0 Å². The molecule has 1 aromatic rings. The Morgan fingerprint density at radius 2 is 2.09 bits per heavy atom. The fourth-order valence-corrected chi connectivity index (χ4v) is 4.02. The van der Waals surface area contributed by atoms with Crippen LogP contribution in [0.4, 0.5) is 0 Å². The number of rotatable bonds is 7. The summed E-state index contributed by atoms with van der Waals surface area (Å²) in [5.41, 5.74) is 1.52. The van der Waals surface area contributed by atoms with Crippen LogP contribution in [0.25, 0.3) is 0 Å². The fourth-order valence-electron chi connectivity index (χ4n) is 2.67. The van der Waals surface area contributed by atoms with E-state index in [-0.39, 0.29) is 6.10 Å². The van der Waals surface area contributed by atoms with Gasteiger partial charge in [-0.1, -0.05) is 0 Å². The van der Waals surface area contributed by atoms with Gasteiger partial charge in [0.05, 0.1) is 17.6 Å². The van der Waals surface area contributed by atoms with Crippen molar-refractivity contribution in [3.8, 4) is 5.75 Å². The smallest absolute Gasteiger partial charge is 0.240 e. The average Bonchev–Trinajstić information content (AvgIpc) is 2.95. The van der Waals surface area contributed by atoms with Gasteiger partial charge in [0.1, 0.15) is 5.75 Å². The van der Waals surface area contributed by atoms with E-state index in [0.717, 1.165) is 30.8 Å². The number of hydrogen-bond acceptors (Lipinski definition) is 4. The molecule has 0 amide bonds. The van der Waals surface area contributed by atoms with Crippen molar-refractivity contribution in [2.75, 3.05) is 19.8 Å². The standard InChI is InChI=1S/C16H25NO4S/c1-4-20-15-10-13(3)16(11-12(15)2)22(18,19)17-8-7-14-6-5-9-21-14/h10-11,14,17H,4-9H2,1-3H3. The molecule has 0 spiro atoms. The fraction of sp³-hybridized carbons (Fsp3) is 0.625. The highest BCUT2D eigenvalue weighted by atomic mass is 32.2. The first kappa shape index (κ1) is 17.2. The van der Waals surface area contributed by atoms with E-state index in [1.807, 2.05) is 13.8 Å². The van der Waals surface area contributed by atoms with Gasteiger partial charge in [0.25, 0.3) is 0 Å². The molecule has 1 heterocycles. The molecule has 1 N–H and O–H groups in total. The Kier molecular flexibility index (Phi) is 5.83. The van der Waals surface area contributed by atoms with Crippen LogP contribution in [0.3, 0.4) is 0 Å². The summed E-state index contributed by atoms with van der Waals surface area (Å²) in [4.78, 5) is 0.320. The number of nitrogens with one attached hydrogen (secondary N) is 1. The summed E-state index contributed by atoms with van der Waals surface area (Å²) in [5.74, 6) is 0.735. The van der Waals surface area contributed by atoms with Crippen LogP contribution in [0, 0.1) is 13.8 Å². The van der Waals surface area contributed by atoms with Gasteiger partial charge in [-0.2, -0.15) is 0 Å². The molecule has 0 aliphatic carbocycles. The summed E-state index contributed by atoms with van der Waals surface area (Å²) < 4.78 is 38.6. The zero-order valence-electron chi connectivity index (χ0n) is 13.5. The molecule has 2 rings (SSSR count). The maximum Gasteiger partial charge on any atom is 0.240 e. The van der Waals surface area contributed by atoms with Crippen molar-refractivity contribution < 1.29 is 17.9 Å². The molecule has 0 bridgehead atoms. The van der Waals surface area contributed by atoms with Crippen molar-refractivity contribution in [2.45, 2.75) is 51.0 Å². The largest absolute Gasteiger partial charge is 0.494 e. The van der Waals surface area contributed by atoms with Gasteiger partial charge in [0, 0.05) is 13.2 Å². The van der Waals surface area contributed by atoms with Crippen LogP contribution in [-0.2, 0) is 14.8 Å². The summed E-state index contributed by atoms with van der Waals surface area (Å²) >= 11 is 0. The lowest BCUT2D eigenvalue weighted by molar-refractivity contribution is 0.105. The highest BCUT2D eigenvalue weighted by molar-refractivity contribution is 7.89. The molecule has 0 radical (unpaired) electrons. The Balaban J connectivity index is 2.06. The molecule has 1 aliphatic rings. The molecule has 0 saturated carbocycles. The summed E-state index contributed by atoms with van der Waals surface area (Å²) in [7, 11) is -3.50. The Morgan fingerprint density at radius 3 is 2.73 bits per heavy atom. The molecule has 0 aromatic heterocycles. The van der Waals surface area contributed by atoms with Crippen LogP contribution in [0.5, 0.6) is 5.75 Å². The molecular formula is C16H25NO4S. The van der Waals surface area contributed by atoms with Crippen LogP contribution >= 0.6 is 0 Å². The molecule has 1 aliphatic heterocycles. The molecule has 1 unspecified atom stereocenters. The first-order valence-corrected chi connectivity index (χ1v) is 9.27. The van der Waals surface area contributed by atoms with Crippen LogP contribution in [0.15, 0.2) is 17.0 Å². The zero-order valence-corrected chi connectivity index (χ0v) is 14.3. The van der Waals surface area contributed by atoms with Crippen LogP contribution < -0.4 is 9.46 Å². The highest BCUT2D eigenvalue weighted by Gasteiger charge is 2.20. The van der Waals surface area contributed by atoms with E-state index >= 15 is 0 Å². The van der Waals surface area contributed by atoms with Crippen molar-refractivity contribution in [2.24, 2.45) is 0 Å². The van der Waals surface area contributed by atoms with Gasteiger partial charge in [0.2, 0.25) is 10.0 Å². The minimum atomic E-state index is -3.50. The van der Waals surface area contributed by atoms with Gasteiger partial charge in [-0.15, -0.1) is 0 Å². The molecular weight excluding hydrogens is 302 g/mol. The summed E-state index contributed by atoms with van der Waals surface area (Å²) in [6, 6.07) is 3.46. The Hall–Kier alpha value is -1.11. The zero-order chi connectivity index (χ0) is 16.2. The van der Waals surface area contributed by atoms with E-state index in [0.29, 0.717) is 30.0 Å². The molecule has 1 atom stereocenters. The van der Waals surface area contributed by atoms with Gasteiger partial charge in [-0.25, -0.2) is 13.1 Å². The first-order chi connectivity index (χ1) is 10.4. The van der Waals surface area contributed by atoms with Gasteiger partial charge in [-0.05, 0) is 63.3 Å². The Bertz CT molecular complexity index is 607. The molecule has 6 heteroatoms. The Morgan fingerprint density at radius 1 is 1.32 bits per heavy atom. The predicted octanol–water partition coefficient (Wildman–Crippen LogP) is 2.55. The van der Waals surface area contributed by atoms with Gasteiger partial charge in [-0.3, -0.25) is 0 Å². The predicted molar refractivity (Wildman–Crippen MR) is 85.9 cm³/mol. The van der Waals surface area contributed by atoms with Crippen molar-refractivity contribution in [1.82, 2.24) is 4.72 Å². The van der Waals surface area contributed by atoms with Crippen LogP contribution in [0.2, 0.25) is 0 Å². The number of benzene rings is 1. The normalized spacial score (nSPS) is 18.6. The first-order valence-electron chi connectivity index (χ1n) is 7.79. The number of ether oxygens (including phenoxy) is 2. The van der Waals surface area contributed by atoms with Crippen LogP contribution in [0.1, 0.15) is 37.3 Å². The maximum atomic E-state index is 12.5. The molecule has 5 nitrogen and oxygen atoms in total.